The molecule has 2 heterocycles. The van der Waals surface area contributed by atoms with Crippen molar-refractivity contribution in [1.82, 2.24) is 19.5 Å². The van der Waals surface area contributed by atoms with Gasteiger partial charge in [-0.2, -0.15) is 18.6 Å². The van der Waals surface area contributed by atoms with Crippen molar-refractivity contribution in [1.29, 1.82) is 0 Å². The zero-order chi connectivity index (χ0) is 27.5. The normalized spacial score (nSPS) is 19.2. The van der Waals surface area contributed by atoms with Crippen LogP contribution in [0.2, 0.25) is 0 Å². The van der Waals surface area contributed by atoms with Gasteiger partial charge in [-0.1, -0.05) is 0 Å². The summed E-state index contributed by atoms with van der Waals surface area (Å²) >= 11 is 0. The highest BCUT2D eigenvalue weighted by Gasteiger charge is 2.47. The molecular weight excluding hydrogens is 560 g/mol. The molecule has 9 N–H and O–H groups in total. The fourth-order valence-corrected chi connectivity index (χ4v) is 5.83. The summed E-state index contributed by atoms with van der Waals surface area (Å²) < 4.78 is 72.4. The number of phosphoric ester groups is 1. The number of nitrogen functional groups attached to an aromatic ring is 1. The van der Waals surface area contributed by atoms with E-state index in [4.69, 9.17) is 30.7 Å². The molecule has 19 nitrogen and oxygen atoms in total. The number of hydrogen-bond donors (Lipinski definition) is 7. The Morgan fingerprint density at radius 2 is 1.81 bits per heavy atom. The van der Waals surface area contributed by atoms with E-state index < -0.39 is 54.6 Å². The Kier molecular flexibility index (Phi) is 9.69. The second-order valence-electron chi connectivity index (χ2n) is 6.80. The Morgan fingerprint density at radius 3 is 2.33 bits per heavy atom. The number of aliphatic hydroxyl groups excluding tert-OH is 1. The second kappa shape index (κ2) is 11.4. The van der Waals surface area contributed by atoms with Crippen molar-refractivity contribution in [2.75, 3.05) is 32.6 Å². The average molecular weight is 584 g/mol. The molecule has 0 bridgehead atoms. The summed E-state index contributed by atoms with van der Waals surface area (Å²) in [5, 5.41) is 10.7. The fraction of sp³-hybridized carbons (Fsp3) is 0.615. The van der Waals surface area contributed by atoms with E-state index in [1.807, 2.05) is 0 Å². The van der Waals surface area contributed by atoms with E-state index in [9.17, 15) is 28.6 Å². The van der Waals surface area contributed by atoms with Crippen LogP contribution in [0.15, 0.2) is 6.33 Å². The first-order valence-electron chi connectivity index (χ1n) is 9.48. The standard InChI is InChI=1S/C13H24FN6O13P3/c1-3-30-11-7-10(18-12(16)19-11)20(6-17-7)9(14)8(21)13(4-15,29-2)5-31-35(25,26)33-36(27,28)32-34(22,23)24/h6,8-9,21H,3-5,15H2,1-2H3,(H,25,26)(H,27,28)(H2,16,18,19)(H2,22,23,24)/t8-,9-,13+/m0/s1. The van der Waals surface area contributed by atoms with E-state index >= 15 is 4.39 Å². The molecular formula is C13H24FN6O13P3. The van der Waals surface area contributed by atoms with Gasteiger partial charge in [0.2, 0.25) is 18.1 Å². The third-order valence-corrected chi connectivity index (χ3v) is 8.18. The van der Waals surface area contributed by atoms with Crippen molar-refractivity contribution in [3.8, 4) is 5.88 Å². The minimum absolute atomic E-state index is 0.00933. The minimum atomic E-state index is -5.82. The molecule has 2 rings (SSSR count). The number of alkyl halides is 1. The number of imidazole rings is 1. The summed E-state index contributed by atoms with van der Waals surface area (Å²) in [6, 6.07) is 0. The van der Waals surface area contributed by atoms with Crippen LogP contribution in [0.25, 0.3) is 11.2 Å². The molecule has 0 saturated heterocycles. The van der Waals surface area contributed by atoms with Crippen molar-refractivity contribution < 1.29 is 65.4 Å². The van der Waals surface area contributed by atoms with Crippen LogP contribution in [0.3, 0.4) is 0 Å². The van der Waals surface area contributed by atoms with Gasteiger partial charge in [0.1, 0.15) is 11.7 Å². The number of hydrogen-bond acceptors (Lipinski definition) is 14. The van der Waals surface area contributed by atoms with Crippen LogP contribution in [0, 0.1) is 0 Å². The van der Waals surface area contributed by atoms with Crippen molar-refractivity contribution in [2.45, 2.75) is 24.9 Å². The number of ether oxygens (including phenoxy) is 2. The number of nitrogens with zero attached hydrogens (tertiary/aromatic N) is 4. The molecule has 0 aliphatic rings. The van der Waals surface area contributed by atoms with E-state index in [1.54, 1.807) is 6.92 Å². The zero-order valence-corrected chi connectivity index (χ0v) is 21.2. The molecule has 2 unspecified atom stereocenters. The Bertz CT molecular complexity index is 1210. The third-order valence-electron chi connectivity index (χ3n) is 4.39. The molecule has 2 aromatic heterocycles. The zero-order valence-electron chi connectivity index (χ0n) is 18.5. The monoisotopic (exact) mass is 584 g/mol. The lowest BCUT2D eigenvalue weighted by Gasteiger charge is -2.37. The predicted octanol–water partition coefficient (Wildman–Crippen LogP) is -0.677. The number of methoxy groups -OCH3 is 1. The summed E-state index contributed by atoms with van der Waals surface area (Å²) in [7, 11) is -16.1. The van der Waals surface area contributed by atoms with Crippen molar-refractivity contribution in [2.24, 2.45) is 5.73 Å². The molecule has 0 fully saturated rings. The number of anilines is 1. The number of phosphoric acid groups is 3. The summed E-state index contributed by atoms with van der Waals surface area (Å²) in [4.78, 5) is 47.7. The van der Waals surface area contributed by atoms with Gasteiger partial charge in [-0.25, -0.2) is 23.1 Å². The maximum atomic E-state index is 15.5. The predicted molar refractivity (Wildman–Crippen MR) is 116 cm³/mol. The van der Waals surface area contributed by atoms with E-state index in [2.05, 4.69) is 28.1 Å². The van der Waals surface area contributed by atoms with Gasteiger partial charge in [0.05, 0.1) is 19.5 Å². The highest BCUT2D eigenvalue weighted by atomic mass is 31.3. The lowest BCUT2D eigenvalue weighted by molar-refractivity contribution is -0.155. The van der Waals surface area contributed by atoms with Gasteiger partial charge in [0, 0.05) is 13.7 Å². The first-order valence-corrected chi connectivity index (χ1v) is 14.0. The van der Waals surface area contributed by atoms with Crippen LogP contribution in [0.5, 0.6) is 5.88 Å². The van der Waals surface area contributed by atoms with Gasteiger partial charge in [-0.3, -0.25) is 9.09 Å². The lowest BCUT2D eigenvalue weighted by Crippen LogP contribution is -2.56. The molecule has 0 radical (unpaired) electrons. The molecule has 206 valence electrons. The SMILES string of the molecule is CCOc1nc(N)nc2c1ncn2[C@H](F)[C@H](O)[C@@](CN)(COP(=O)(O)OP(=O)(O)OP(=O)(O)O)OC. The number of aromatic nitrogens is 4. The number of halogens is 1. The first-order chi connectivity index (χ1) is 16.5. The summed E-state index contributed by atoms with van der Waals surface area (Å²) in [6.45, 7) is -0.177. The average Bonchev–Trinajstić information content (AvgIpc) is 3.15. The lowest BCUT2D eigenvalue weighted by atomic mass is 9.96. The van der Waals surface area contributed by atoms with Gasteiger partial charge in [0.15, 0.2) is 11.2 Å². The Labute approximate surface area is 201 Å². The molecule has 2 aromatic rings. The van der Waals surface area contributed by atoms with Crippen LogP contribution >= 0.6 is 23.5 Å². The Balaban J connectivity index is 2.31. The van der Waals surface area contributed by atoms with Crippen molar-refractivity contribution in [3.05, 3.63) is 6.33 Å². The Morgan fingerprint density at radius 1 is 1.17 bits per heavy atom. The Hall–Kier alpha value is -1.63. The highest BCUT2D eigenvalue weighted by molar-refractivity contribution is 7.66. The maximum absolute atomic E-state index is 15.5. The van der Waals surface area contributed by atoms with Crippen LogP contribution < -0.4 is 16.2 Å². The molecule has 0 aliphatic carbocycles. The van der Waals surface area contributed by atoms with Gasteiger partial charge >= 0.3 is 23.5 Å². The summed E-state index contributed by atoms with van der Waals surface area (Å²) in [6.07, 6.45) is -3.80. The number of nitrogens with two attached hydrogens (primary N) is 2. The van der Waals surface area contributed by atoms with Crippen molar-refractivity contribution in [3.63, 3.8) is 0 Å². The molecule has 23 heteroatoms. The summed E-state index contributed by atoms with van der Waals surface area (Å²) in [5.74, 6) is -0.371. The quantitative estimate of drug-likeness (QED) is 0.135. The molecule has 36 heavy (non-hydrogen) atoms. The topological polar surface area (TPSA) is 294 Å². The molecule has 5 atom stereocenters. The third kappa shape index (κ3) is 7.45. The fourth-order valence-electron chi connectivity index (χ4n) is 2.75. The minimum Gasteiger partial charge on any atom is -0.476 e. The van der Waals surface area contributed by atoms with E-state index in [1.165, 1.54) is 0 Å². The van der Waals surface area contributed by atoms with Crippen LogP contribution in [0.4, 0.5) is 10.3 Å². The largest absolute Gasteiger partial charge is 0.490 e. The number of rotatable bonds is 14. The highest BCUT2D eigenvalue weighted by Crippen LogP contribution is 2.66. The van der Waals surface area contributed by atoms with E-state index in [0.717, 1.165) is 18.0 Å². The molecule has 0 aromatic carbocycles. The van der Waals surface area contributed by atoms with Gasteiger partial charge in [0.25, 0.3) is 0 Å². The molecule has 0 saturated carbocycles. The smallest absolute Gasteiger partial charge is 0.476 e. The molecule has 0 aliphatic heterocycles. The van der Waals surface area contributed by atoms with Gasteiger partial charge in [-0.05, 0) is 6.92 Å². The summed E-state index contributed by atoms with van der Waals surface area (Å²) in [5.41, 5.74) is 8.68. The van der Waals surface area contributed by atoms with Gasteiger partial charge < -0.3 is 45.6 Å². The van der Waals surface area contributed by atoms with Gasteiger partial charge in [-0.15, -0.1) is 0 Å². The van der Waals surface area contributed by atoms with E-state index in [-0.39, 0.29) is 29.6 Å². The van der Waals surface area contributed by atoms with E-state index in [0.29, 0.717) is 0 Å². The van der Waals surface area contributed by atoms with Crippen LogP contribution in [-0.4, -0.2) is 82.8 Å². The van der Waals surface area contributed by atoms with Crippen LogP contribution in [-0.2, 0) is 31.6 Å². The molecule has 0 spiro atoms. The van der Waals surface area contributed by atoms with Crippen molar-refractivity contribution >= 4 is 40.6 Å². The first kappa shape index (κ1) is 30.6. The van der Waals surface area contributed by atoms with Crippen LogP contribution in [0.1, 0.15) is 13.2 Å². The second-order valence-corrected chi connectivity index (χ2v) is 11.2. The maximum Gasteiger partial charge on any atom is 0.490 e. The number of fused-ring (bicyclic) bond motifs is 1. The number of aliphatic hydroxyl groups is 1. The molecule has 0 amide bonds.